The van der Waals surface area contributed by atoms with Crippen molar-refractivity contribution in [3.8, 4) is 22.3 Å². The Morgan fingerprint density at radius 1 is 0.309 bits per heavy atom. The molecule has 2 heterocycles. The normalized spacial score (nSPS) is 13.2. The van der Waals surface area contributed by atoms with Crippen LogP contribution in [0.3, 0.4) is 0 Å². The third-order valence-corrected chi connectivity index (χ3v) is 21.4. The van der Waals surface area contributed by atoms with Crippen LogP contribution in [-0.2, 0) is 0 Å². The molecule has 94 heavy (non-hydrogen) atoms. The number of fused-ring (bicyclic) bond motifs is 23. The van der Waals surface area contributed by atoms with Crippen molar-refractivity contribution in [2.75, 3.05) is 16.3 Å². The molecule has 4 heteroatoms. The maximum absolute atomic E-state index is 2.66. The van der Waals surface area contributed by atoms with E-state index >= 15 is 0 Å². The predicted octanol–water partition coefficient (Wildman–Crippen LogP) is 23.7. The summed E-state index contributed by atoms with van der Waals surface area (Å²) >= 11 is 0. The van der Waals surface area contributed by atoms with Gasteiger partial charge in [0, 0.05) is 62.8 Å². The second-order valence-corrected chi connectivity index (χ2v) is 26.1. The van der Waals surface area contributed by atoms with E-state index in [2.05, 4.69) is 345 Å². The maximum Gasteiger partial charge on any atom is 0.222 e. The van der Waals surface area contributed by atoms with E-state index < -0.39 is 0 Å². The molecule has 0 saturated heterocycles. The molecule has 18 aromatic rings. The van der Waals surface area contributed by atoms with E-state index in [0.29, 0.717) is 0 Å². The van der Waals surface area contributed by atoms with Crippen LogP contribution in [0.15, 0.2) is 309 Å². The van der Waals surface area contributed by atoms with Crippen molar-refractivity contribution in [3.05, 3.63) is 309 Å². The number of anilines is 5. The van der Waals surface area contributed by atoms with Gasteiger partial charge in [-0.2, -0.15) is 0 Å². The van der Waals surface area contributed by atoms with Gasteiger partial charge in [0.05, 0.1) is 0 Å². The molecule has 19 rings (SSSR count). The Kier molecular flexibility index (Phi) is 12.3. The monoisotopic (exact) mass is 1200 g/mol. The first-order valence-electron chi connectivity index (χ1n) is 33.4. The molecule has 2 atom stereocenters. The molecule has 0 fully saturated rings. The Bertz CT molecular complexity index is 6020. The van der Waals surface area contributed by atoms with Gasteiger partial charge in [-0.05, 0) is 210 Å². The number of benzene rings is 17. The number of rotatable bonds is 9. The second-order valence-electron chi connectivity index (χ2n) is 26.1. The van der Waals surface area contributed by atoms with E-state index in [0.717, 1.165) is 23.5 Å². The van der Waals surface area contributed by atoms with Crippen LogP contribution in [0.25, 0.3) is 141 Å². The first-order valence-corrected chi connectivity index (χ1v) is 33.4. The molecule has 0 bridgehead atoms. The topological polar surface area (TPSA) is 11.4 Å². The molecule has 1 aliphatic heterocycles. The van der Waals surface area contributed by atoms with Crippen LogP contribution in [0.1, 0.15) is 26.8 Å². The van der Waals surface area contributed by atoms with Crippen molar-refractivity contribution < 1.29 is 0 Å². The van der Waals surface area contributed by atoms with Crippen molar-refractivity contribution in [1.82, 2.24) is 4.57 Å². The minimum absolute atomic E-state index is 0.0363. The van der Waals surface area contributed by atoms with Gasteiger partial charge in [-0.15, -0.1) is 0 Å². The van der Waals surface area contributed by atoms with Crippen molar-refractivity contribution >= 4 is 165 Å². The molecule has 0 N–H and O–H groups in total. The maximum atomic E-state index is 2.66. The van der Waals surface area contributed by atoms with Gasteiger partial charge < -0.3 is 14.4 Å². The van der Waals surface area contributed by atoms with Crippen LogP contribution in [0, 0.1) is 0 Å². The molecule has 442 valence electrons. The Labute approximate surface area is 546 Å². The number of hydrogen-bond acceptors (Lipinski definition) is 2. The molecule has 0 saturated carbocycles. The zero-order chi connectivity index (χ0) is 62.3. The molecule has 1 aromatic heterocycles. The highest BCUT2D eigenvalue weighted by atomic mass is 15.2. The summed E-state index contributed by atoms with van der Waals surface area (Å²) in [4.78, 5) is 5.31. The zero-order valence-electron chi connectivity index (χ0n) is 52.7. The molecular weight excluding hydrogens is 1130 g/mol. The van der Waals surface area contributed by atoms with E-state index in [4.69, 9.17) is 0 Å². The largest absolute Gasteiger partial charge is 0.342 e. The molecule has 0 amide bonds. The fraction of sp³-hybridized carbons (Fsp3) is 0.0667. The number of aromatic nitrogens is 1. The van der Waals surface area contributed by atoms with E-state index in [1.807, 2.05) is 0 Å². The summed E-state index contributed by atoms with van der Waals surface area (Å²) in [5.74, 6) is 0.0485. The van der Waals surface area contributed by atoms with Gasteiger partial charge >= 0.3 is 0 Å². The van der Waals surface area contributed by atoms with Crippen molar-refractivity contribution in [1.29, 1.82) is 0 Å². The van der Waals surface area contributed by atoms with Gasteiger partial charge in [0.25, 0.3) is 0 Å². The Hall–Kier alpha value is -11.5. The number of para-hydroxylation sites is 2. The summed E-state index contributed by atoms with van der Waals surface area (Å²) in [6.07, 6.45) is 0. The van der Waals surface area contributed by atoms with Crippen molar-refractivity contribution in [3.63, 3.8) is 0 Å². The van der Waals surface area contributed by atoms with Crippen LogP contribution in [0.2, 0.25) is 5.82 Å². The standard InChI is InChI=1S/C90H64BN3/c1-4-92(62-44-47-77-71-33-12-9-27-65(71)68-30-15-18-36-74(68)82(77)54-62)88-52-61(59-42-46-76-70-32-11-8-26-64(70)67-29-14-17-35-73(67)81(76)50-59)53-89-90(88)91(56(2)57(3)93-85-40-22-20-38-79(85)80-39-21-23-41-86(80)93)84-51-60(58-24-6-5-7-25-58)43-49-87(84)94(89)63-45-48-78-72-34-13-10-28-66(72)69-31-16-19-37-75(69)83(78)55-63/h5-57H,4H2,1-3H3/t56-,57?/m1/s1. The van der Waals surface area contributed by atoms with Gasteiger partial charge in [0.1, 0.15) is 0 Å². The predicted molar refractivity (Wildman–Crippen MR) is 407 cm³/mol. The SMILES string of the molecule is CCN(c1ccc2c3ccccc3c3ccccc3c2c1)c1cc(-c2ccc3c4ccccc4c4ccccc4c3c2)cc2c1B([C@H](C)C(C)n1c3ccccc3c3ccccc31)c1cc(-c3ccccc3)ccc1N2c1ccc2c3ccccc3c3ccccc3c2c1. The molecule has 1 unspecified atom stereocenters. The average molecular weight is 1200 g/mol. The molecular formula is C90H64BN3. The van der Waals surface area contributed by atoms with Gasteiger partial charge in [-0.25, -0.2) is 0 Å². The van der Waals surface area contributed by atoms with E-state index in [1.54, 1.807) is 0 Å². The second kappa shape index (κ2) is 21.3. The molecule has 3 nitrogen and oxygen atoms in total. The van der Waals surface area contributed by atoms with Gasteiger partial charge in [0.2, 0.25) is 6.71 Å². The summed E-state index contributed by atoms with van der Waals surface area (Å²) < 4.78 is 2.66. The van der Waals surface area contributed by atoms with Crippen LogP contribution in [0.5, 0.6) is 0 Å². The first-order chi connectivity index (χ1) is 46.5. The summed E-state index contributed by atoms with van der Waals surface area (Å²) in [5, 5.41) is 25.3. The smallest absolute Gasteiger partial charge is 0.222 e. The lowest BCUT2D eigenvalue weighted by Gasteiger charge is -2.43. The highest BCUT2D eigenvalue weighted by Crippen LogP contribution is 2.50. The van der Waals surface area contributed by atoms with Crippen molar-refractivity contribution in [2.45, 2.75) is 32.6 Å². The lowest BCUT2D eigenvalue weighted by molar-refractivity contribution is 0.557. The van der Waals surface area contributed by atoms with E-state index in [1.165, 1.54) is 163 Å². The summed E-state index contributed by atoms with van der Waals surface area (Å²) in [5.41, 5.74) is 15.7. The fourth-order valence-electron chi connectivity index (χ4n) is 17.0. The summed E-state index contributed by atoms with van der Waals surface area (Å²) in [6.45, 7) is 8.00. The van der Waals surface area contributed by atoms with Gasteiger partial charge in [-0.1, -0.05) is 256 Å². The lowest BCUT2D eigenvalue weighted by atomic mass is 9.31. The van der Waals surface area contributed by atoms with Gasteiger partial charge in [-0.3, -0.25) is 0 Å². The molecule has 0 radical (unpaired) electrons. The Morgan fingerprint density at radius 3 is 1.20 bits per heavy atom. The lowest BCUT2D eigenvalue weighted by Crippen LogP contribution is -2.55. The van der Waals surface area contributed by atoms with Crippen LogP contribution in [-0.4, -0.2) is 17.8 Å². The molecule has 1 aliphatic rings. The number of hydrogen-bond donors (Lipinski definition) is 0. The highest BCUT2D eigenvalue weighted by Gasteiger charge is 2.43. The third-order valence-electron chi connectivity index (χ3n) is 21.4. The summed E-state index contributed by atoms with van der Waals surface area (Å²) in [6, 6.07) is 117. The average Bonchev–Trinajstić information content (AvgIpc) is 0.729. The quantitative estimate of drug-likeness (QED) is 0.105. The molecule has 0 spiro atoms. The van der Waals surface area contributed by atoms with E-state index in [9.17, 15) is 0 Å². The first kappa shape index (κ1) is 54.3. The van der Waals surface area contributed by atoms with Crippen LogP contribution >= 0.6 is 0 Å². The number of nitrogens with zero attached hydrogens (tertiary/aromatic N) is 3. The Balaban J connectivity index is 0.946. The summed E-state index contributed by atoms with van der Waals surface area (Å²) in [7, 11) is 0. The van der Waals surface area contributed by atoms with E-state index in [-0.39, 0.29) is 18.6 Å². The van der Waals surface area contributed by atoms with Gasteiger partial charge in [0.15, 0.2) is 0 Å². The molecule has 0 aliphatic carbocycles. The van der Waals surface area contributed by atoms with Crippen LogP contribution in [0.4, 0.5) is 28.4 Å². The minimum Gasteiger partial charge on any atom is -0.342 e. The zero-order valence-corrected chi connectivity index (χ0v) is 52.7. The highest BCUT2D eigenvalue weighted by molar-refractivity contribution is 6.90. The minimum atomic E-state index is -0.111. The fourth-order valence-corrected chi connectivity index (χ4v) is 17.0. The molecule has 17 aromatic carbocycles. The Morgan fingerprint density at radius 2 is 0.702 bits per heavy atom. The third kappa shape index (κ3) is 8.12. The van der Waals surface area contributed by atoms with Crippen LogP contribution < -0.4 is 20.7 Å². The van der Waals surface area contributed by atoms with Crippen molar-refractivity contribution in [2.24, 2.45) is 0 Å².